The van der Waals surface area contributed by atoms with Crippen LogP contribution in [0.1, 0.15) is 49.9 Å². The molecule has 4 aromatic carbocycles. The molecule has 212 valence electrons. The molecule has 2 N–H and O–H groups in total. The summed E-state index contributed by atoms with van der Waals surface area (Å²) < 4.78 is 12.1. The highest BCUT2D eigenvalue weighted by Gasteiger charge is 2.12. The molecule has 7 nitrogen and oxygen atoms in total. The number of aromatic carboxylic acids is 2. The largest absolute Gasteiger partial charge is 0.492 e. The number of hydrogen-bond donors (Lipinski definition) is 2. The fraction of sp³-hybridized carbons (Fsp3) is 0.235. The first kappa shape index (κ1) is 29.4. The minimum Gasteiger partial charge on any atom is -0.492 e. The van der Waals surface area contributed by atoms with E-state index in [9.17, 15) is 14.7 Å². The van der Waals surface area contributed by atoms with E-state index in [4.69, 9.17) is 14.6 Å². The molecule has 0 unspecified atom stereocenters. The van der Waals surface area contributed by atoms with Gasteiger partial charge in [-0.3, -0.25) is 4.90 Å². The van der Waals surface area contributed by atoms with Gasteiger partial charge in [0.15, 0.2) is 0 Å². The Kier molecular flexibility index (Phi) is 10.5. The van der Waals surface area contributed by atoms with Crippen molar-refractivity contribution in [2.24, 2.45) is 0 Å². The number of rotatable bonds is 15. The second kappa shape index (κ2) is 14.7. The van der Waals surface area contributed by atoms with E-state index in [2.05, 4.69) is 42.2 Å². The van der Waals surface area contributed by atoms with Gasteiger partial charge in [0.05, 0.1) is 11.1 Å². The molecule has 41 heavy (non-hydrogen) atoms. The van der Waals surface area contributed by atoms with Crippen molar-refractivity contribution in [3.8, 4) is 11.5 Å². The first-order valence-electron chi connectivity index (χ1n) is 13.7. The fourth-order valence-corrected chi connectivity index (χ4v) is 4.43. The lowest BCUT2D eigenvalue weighted by atomic mass is 10.1. The standard InChI is InChI=1S/C34H35NO6/c1-2-25-7-9-27(10-8-25)24-41-32-6-4-3-5-28(32)19-20-35(23-26-11-13-29(14-12-26)33(36)37)21-22-40-31-17-15-30(16-18-31)34(38)39/h3-18H,2,19-24H2,1H3,(H,36,37)(H,38,39). The van der Waals surface area contributed by atoms with Gasteiger partial charge in [0.2, 0.25) is 0 Å². The Morgan fingerprint density at radius 2 is 1.27 bits per heavy atom. The molecule has 0 saturated heterocycles. The van der Waals surface area contributed by atoms with E-state index in [0.29, 0.717) is 32.1 Å². The lowest BCUT2D eigenvalue weighted by Gasteiger charge is -2.23. The number of carbonyl (C=O) groups is 2. The number of hydrogen-bond acceptors (Lipinski definition) is 5. The van der Waals surface area contributed by atoms with Gasteiger partial charge in [0.1, 0.15) is 24.7 Å². The maximum Gasteiger partial charge on any atom is 0.335 e. The van der Waals surface area contributed by atoms with Crippen molar-refractivity contribution in [2.45, 2.75) is 32.9 Å². The molecule has 0 radical (unpaired) electrons. The van der Waals surface area contributed by atoms with Gasteiger partial charge in [-0.15, -0.1) is 0 Å². The molecule has 0 amide bonds. The average Bonchev–Trinajstić information content (AvgIpc) is 3.00. The molecule has 0 heterocycles. The highest BCUT2D eigenvalue weighted by molar-refractivity contribution is 5.88. The Morgan fingerprint density at radius 1 is 0.683 bits per heavy atom. The van der Waals surface area contributed by atoms with E-state index in [1.165, 1.54) is 17.7 Å². The molecule has 4 aromatic rings. The van der Waals surface area contributed by atoms with Gasteiger partial charge in [-0.2, -0.15) is 0 Å². The molecule has 0 fully saturated rings. The zero-order chi connectivity index (χ0) is 29.0. The lowest BCUT2D eigenvalue weighted by molar-refractivity contribution is 0.0686. The van der Waals surface area contributed by atoms with Gasteiger partial charge in [0, 0.05) is 19.6 Å². The molecule has 0 bridgehead atoms. The first-order valence-corrected chi connectivity index (χ1v) is 13.7. The third kappa shape index (κ3) is 8.95. The minimum atomic E-state index is -0.977. The van der Waals surface area contributed by atoms with Crippen LogP contribution in [0.2, 0.25) is 0 Å². The molecule has 7 heteroatoms. The molecular weight excluding hydrogens is 518 g/mol. The van der Waals surface area contributed by atoms with Crippen molar-refractivity contribution in [1.29, 1.82) is 0 Å². The molecule has 0 spiro atoms. The molecule has 0 aromatic heterocycles. The summed E-state index contributed by atoms with van der Waals surface area (Å²) in [6.07, 6.45) is 1.76. The number of nitrogens with zero attached hydrogens (tertiary/aromatic N) is 1. The van der Waals surface area contributed by atoms with Crippen LogP contribution in [-0.4, -0.2) is 46.7 Å². The minimum absolute atomic E-state index is 0.211. The van der Waals surface area contributed by atoms with Crippen molar-refractivity contribution < 1.29 is 29.3 Å². The van der Waals surface area contributed by atoms with Gasteiger partial charge in [-0.05, 0) is 77.6 Å². The number of ether oxygens (including phenoxy) is 2. The third-order valence-electron chi connectivity index (χ3n) is 6.88. The van der Waals surface area contributed by atoms with E-state index >= 15 is 0 Å². The van der Waals surface area contributed by atoms with Gasteiger partial charge in [-0.25, -0.2) is 9.59 Å². The number of benzene rings is 4. The summed E-state index contributed by atoms with van der Waals surface area (Å²) in [6, 6.07) is 29.8. The van der Waals surface area contributed by atoms with E-state index in [0.717, 1.165) is 41.8 Å². The molecule has 4 rings (SSSR count). The highest BCUT2D eigenvalue weighted by Crippen LogP contribution is 2.21. The second-order valence-corrected chi connectivity index (χ2v) is 9.77. The Hall–Kier alpha value is -4.62. The first-order chi connectivity index (χ1) is 19.9. The average molecular weight is 554 g/mol. The zero-order valence-corrected chi connectivity index (χ0v) is 23.2. The number of para-hydroxylation sites is 1. The van der Waals surface area contributed by atoms with Gasteiger partial charge in [-0.1, -0.05) is 61.5 Å². The number of aryl methyl sites for hydroxylation is 1. The summed E-state index contributed by atoms with van der Waals surface area (Å²) in [4.78, 5) is 24.6. The van der Waals surface area contributed by atoms with Gasteiger partial charge < -0.3 is 19.7 Å². The van der Waals surface area contributed by atoms with Crippen molar-refractivity contribution >= 4 is 11.9 Å². The van der Waals surface area contributed by atoms with Crippen LogP contribution in [0.4, 0.5) is 0 Å². The van der Waals surface area contributed by atoms with Crippen LogP contribution in [0.5, 0.6) is 11.5 Å². The molecule has 0 saturated carbocycles. The smallest absolute Gasteiger partial charge is 0.335 e. The van der Waals surface area contributed by atoms with Gasteiger partial charge >= 0.3 is 11.9 Å². The maximum absolute atomic E-state index is 11.3. The normalized spacial score (nSPS) is 10.9. The predicted octanol–water partition coefficient (Wildman–Crippen LogP) is 6.35. The van der Waals surface area contributed by atoms with E-state index in [-0.39, 0.29) is 11.1 Å². The van der Waals surface area contributed by atoms with Crippen LogP contribution in [0.15, 0.2) is 97.1 Å². The quantitative estimate of drug-likeness (QED) is 0.177. The Balaban J connectivity index is 1.40. The van der Waals surface area contributed by atoms with Crippen molar-refractivity contribution in [3.63, 3.8) is 0 Å². The van der Waals surface area contributed by atoms with Crippen molar-refractivity contribution in [3.05, 3.63) is 130 Å². The highest BCUT2D eigenvalue weighted by atomic mass is 16.5. The maximum atomic E-state index is 11.3. The van der Waals surface area contributed by atoms with Crippen LogP contribution in [0.25, 0.3) is 0 Å². The SMILES string of the molecule is CCc1ccc(COc2ccccc2CCN(CCOc2ccc(C(=O)O)cc2)Cc2ccc(C(=O)O)cc2)cc1. The Bertz CT molecular complexity index is 1420. The molecular formula is C34H35NO6. The predicted molar refractivity (Wildman–Crippen MR) is 158 cm³/mol. The summed E-state index contributed by atoms with van der Waals surface area (Å²) >= 11 is 0. The topological polar surface area (TPSA) is 96.3 Å². The van der Waals surface area contributed by atoms with Crippen molar-refractivity contribution in [1.82, 2.24) is 4.90 Å². The van der Waals surface area contributed by atoms with Crippen LogP contribution >= 0.6 is 0 Å². The summed E-state index contributed by atoms with van der Waals surface area (Å²) in [6.45, 7) is 5.01. The number of carboxylic acids is 2. The van der Waals surface area contributed by atoms with Gasteiger partial charge in [0.25, 0.3) is 0 Å². The Labute approximate surface area is 240 Å². The van der Waals surface area contributed by atoms with E-state index in [1.54, 1.807) is 24.3 Å². The summed E-state index contributed by atoms with van der Waals surface area (Å²) in [5.74, 6) is -0.469. The lowest BCUT2D eigenvalue weighted by Crippen LogP contribution is -2.30. The van der Waals surface area contributed by atoms with Crippen LogP contribution in [-0.2, 0) is 26.0 Å². The molecule has 0 aliphatic heterocycles. The van der Waals surface area contributed by atoms with Crippen molar-refractivity contribution in [2.75, 3.05) is 19.7 Å². The summed E-state index contributed by atoms with van der Waals surface area (Å²) in [5.41, 5.74) is 4.99. The van der Waals surface area contributed by atoms with E-state index in [1.807, 2.05) is 30.3 Å². The van der Waals surface area contributed by atoms with Crippen LogP contribution in [0, 0.1) is 0 Å². The Morgan fingerprint density at radius 3 is 1.90 bits per heavy atom. The molecule has 0 aliphatic carbocycles. The fourth-order valence-electron chi connectivity index (χ4n) is 4.43. The third-order valence-corrected chi connectivity index (χ3v) is 6.88. The molecule has 0 aliphatic rings. The van der Waals surface area contributed by atoms with E-state index < -0.39 is 11.9 Å². The van der Waals surface area contributed by atoms with Crippen LogP contribution in [0.3, 0.4) is 0 Å². The van der Waals surface area contributed by atoms with Crippen LogP contribution < -0.4 is 9.47 Å². The monoisotopic (exact) mass is 553 g/mol. The number of carboxylic acid groups (broad SMARTS) is 2. The summed E-state index contributed by atoms with van der Waals surface area (Å²) in [7, 11) is 0. The summed E-state index contributed by atoms with van der Waals surface area (Å²) in [5, 5.41) is 18.3. The molecule has 0 atom stereocenters. The zero-order valence-electron chi connectivity index (χ0n) is 23.2. The second-order valence-electron chi connectivity index (χ2n) is 9.77.